The number of carbonyl (C=O) groups is 1. The molecule has 0 saturated heterocycles. The second-order valence-electron chi connectivity index (χ2n) is 8.61. The minimum atomic E-state index is 0. The molecule has 1 heterocycles. The molecule has 0 unspecified atom stereocenters. The molecule has 0 aromatic heterocycles. The van der Waals surface area contributed by atoms with E-state index in [-0.39, 0.29) is 18.3 Å². The summed E-state index contributed by atoms with van der Waals surface area (Å²) in [4.78, 5) is 13.9. The molecule has 0 aromatic carbocycles. The molecule has 0 radical (unpaired) electrons. The van der Waals surface area contributed by atoms with Gasteiger partial charge in [0.2, 0.25) is 5.91 Å². The number of unbranched alkanes of at least 4 members (excludes halogenated alkanes) is 12. The van der Waals surface area contributed by atoms with E-state index in [0.717, 1.165) is 18.6 Å². The van der Waals surface area contributed by atoms with Crippen LogP contribution in [-0.2, 0) is 9.53 Å². The van der Waals surface area contributed by atoms with Crippen molar-refractivity contribution in [3.8, 4) is 0 Å². The molecule has 0 spiro atoms. The highest BCUT2D eigenvalue weighted by molar-refractivity contribution is 5.94. The lowest BCUT2D eigenvalue weighted by Crippen LogP contribution is -2.33. The van der Waals surface area contributed by atoms with Crippen molar-refractivity contribution in [2.45, 2.75) is 104 Å². The Labute approximate surface area is 204 Å². The van der Waals surface area contributed by atoms with Crippen molar-refractivity contribution >= 4 is 18.3 Å². The SMILES string of the molecule is CCCCCCCC/C=C\CCCCCCCCOCN1C=CC=C(C(=O)NCC)C1.Cl. The van der Waals surface area contributed by atoms with Crippen molar-refractivity contribution in [2.75, 3.05) is 26.4 Å². The number of hydrogen-bond donors (Lipinski definition) is 1. The van der Waals surface area contributed by atoms with Gasteiger partial charge in [-0.2, -0.15) is 0 Å². The molecule has 0 aromatic rings. The highest BCUT2D eigenvalue weighted by atomic mass is 35.5. The van der Waals surface area contributed by atoms with E-state index in [1.54, 1.807) is 0 Å². The first-order valence-corrected chi connectivity index (χ1v) is 12.9. The molecule has 186 valence electrons. The minimum Gasteiger partial charge on any atom is -0.361 e. The molecule has 1 rings (SSSR count). The number of amides is 1. The van der Waals surface area contributed by atoms with Crippen LogP contribution in [0.3, 0.4) is 0 Å². The van der Waals surface area contributed by atoms with Crippen LogP contribution in [0.5, 0.6) is 0 Å². The first-order valence-electron chi connectivity index (χ1n) is 12.9. The molecule has 0 aliphatic carbocycles. The molecule has 5 heteroatoms. The van der Waals surface area contributed by atoms with E-state index in [1.165, 1.54) is 83.5 Å². The molecule has 32 heavy (non-hydrogen) atoms. The quantitative estimate of drug-likeness (QED) is 0.150. The number of rotatable bonds is 20. The average molecular weight is 469 g/mol. The fourth-order valence-corrected chi connectivity index (χ4v) is 3.75. The molecule has 1 aliphatic heterocycles. The van der Waals surface area contributed by atoms with Gasteiger partial charge in [-0.1, -0.05) is 82.9 Å². The summed E-state index contributed by atoms with van der Waals surface area (Å²) in [5.74, 6) is 0.0187. The van der Waals surface area contributed by atoms with Crippen LogP contribution in [-0.4, -0.2) is 37.2 Å². The number of nitrogens with one attached hydrogen (secondary N) is 1. The molecular weight excluding hydrogens is 420 g/mol. The number of ether oxygens (including phenoxy) is 1. The summed E-state index contributed by atoms with van der Waals surface area (Å²) in [7, 11) is 0. The average Bonchev–Trinajstić information content (AvgIpc) is 2.78. The van der Waals surface area contributed by atoms with Gasteiger partial charge in [0, 0.05) is 24.9 Å². The van der Waals surface area contributed by atoms with Gasteiger partial charge >= 0.3 is 0 Å². The largest absolute Gasteiger partial charge is 0.361 e. The molecule has 0 bridgehead atoms. The van der Waals surface area contributed by atoms with E-state index in [9.17, 15) is 4.79 Å². The number of hydrogen-bond acceptors (Lipinski definition) is 3. The number of carbonyl (C=O) groups excluding carboxylic acids is 1. The molecule has 1 amide bonds. The van der Waals surface area contributed by atoms with Crippen LogP contribution in [0, 0.1) is 0 Å². The van der Waals surface area contributed by atoms with Crippen LogP contribution in [0.25, 0.3) is 0 Å². The maximum atomic E-state index is 11.9. The van der Waals surface area contributed by atoms with Crippen LogP contribution in [0.2, 0.25) is 0 Å². The Bertz CT molecular complexity index is 532. The summed E-state index contributed by atoms with van der Waals surface area (Å²) >= 11 is 0. The fourth-order valence-electron chi connectivity index (χ4n) is 3.75. The number of allylic oxidation sites excluding steroid dienone is 4. The molecule has 1 N–H and O–H groups in total. The Hall–Kier alpha value is -1.26. The topological polar surface area (TPSA) is 41.6 Å². The van der Waals surface area contributed by atoms with Gasteiger partial charge in [0.25, 0.3) is 0 Å². The van der Waals surface area contributed by atoms with Gasteiger partial charge in [-0.25, -0.2) is 0 Å². The number of nitrogens with zero attached hydrogens (tertiary/aromatic N) is 1. The Kier molecular flexibility index (Phi) is 22.0. The molecule has 0 fully saturated rings. The van der Waals surface area contributed by atoms with Crippen LogP contribution < -0.4 is 5.32 Å². The lowest BCUT2D eigenvalue weighted by molar-refractivity contribution is -0.117. The summed E-state index contributed by atoms with van der Waals surface area (Å²) in [5, 5.41) is 2.85. The number of halogens is 1. The smallest absolute Gasteiger partial charge is 0.249 e. The van der Waals surface area contributed by atoms with Gasteiger partial charge in [0.1, 0.15) is 6.73 Å². The Balaban J connectivity index is 0.00000961. The van der Waals surface area contributed by atoms with Gasteiger partial charge in [-0.05, 0) is 45.1 Å². The Morgan fingerprint density at radius 1 is 0.938 bits per heavy atom. The summed E-state index contributed by atoms with van der Waals surface area (Å²) in [6.45, 7) is 6.84. The van der Waals surface area contributed by atoms with Crippen molar-refractivity contribution in [1.82, 2.24) is 10.2 Å². The van der Waals surface area contributed by atoms with Crippen LogP contribution in [0.4, 0.5) is 0 Å². The van der Waals surface area contributed by atoms with Gasteiger partial charge in [-0.15, -0.1) is 12.4 Å². The maximum absolute atomic E-state index is 11.9. The first kappa shape index (κ1) is 30.7. The fraction of sp³-hybridized carbons (Fsp3) is 0.741. The van der Waals surface area contributed by atoms with Crippen molar-refractivity contribution in [1.29, 1.82) is 0 Å². The predicted octanol–water partition coefficient (Wildman–Crippen LogP) is 7.31. The van der Waals surface area contributed by atoms with E-state index in [2.05, 4.69) is 24.4 Å². The maximum Gasteiger partial charge on any atom is 0.249 e. The summed E-state index contributed by atoms with van der Waals surface area (Å²) < 4.78 is 5.79. The standard InChI is InChI=1S/C27H48N2O2.ClH/c1-3-5-6-7-8-9-10-11-12-13-14-15-16-17-18-19-23-31-25-29-22-20-21-26(24-29)27(30)28-4-2;/h11-12,20-22H,3-10,13-19,23-25H2,1-2H3,(H,28,30);1H/b12-11-;. The van der Waals surface area contributed by atoms with Crippen LogP contribution in [0.1, 0.15) is 104 Å². The van der Waals surface area contributed by atoms with E-state index in [4.69, 9.17) is 4.74 Å². The second-order valence-corrected chi connectivity index (χ2v) is 8.61. The third-order valence-corrected chi connectivity index (χ3v) is 5.65. The van der Waals surface area contributed by atoms with E-state index < -0.39 is 0 Å². The van der Waals surface area contributed by atoms with E-state index in [0.29, 0.717) is 19.8 Å². The number of likely N-dealkylation sites (N-methyl/N-ethyl adjacent to an activating group) is 1. The molecule has 1 aliphatic rings. The minimum absolute atomic E-state index is 0. The summed E-state index contributed by atoms with van der Waals surface area (Å²) in [6.07, 6.45) is 29.1. The van der Waals surface area contributed by atoms with Crippen molar-refractivity contribution in [3.63, 3.8) is 0 Å². The van der Waals surface area contributed by atoms with Crippen LogP contribution in [0.15, 0.2) is 36.1 Å². The monoisotopic (exact) mass is 468 g/mol. The Morgan fingerprint density at radius 3 is 2.16 bits per heavy atom. The third-order valence-electron chi connectivity index (χ3n) is 5.65. The molecule has 0 atom stereocenters. The molecule has 4 nitrogen and oxygen atoms in total. The highest BCUT2D eigenvalue weighted by Crippen LogP contribution is 2.11. The van der Waals surface area contributed by atoms with E-state index in [1.807, 2.05) is 30.2 Å². The zero-order valence-electron chi connectivity index (χ0n) is 20.8. The predicted molar refractivity (Wildman–Crippen MR) is 140 cm³/mol. The van der Waals surface area contributed by atoms with Gasteiger partial charge in [-0.3, -0.25) is 4.79 Å². The molecular formula is C27H49ClN2O2. The zero-order chi connectivity index (χ0) is 22.4. The van der Waals surface area contributed by atoms with Gasteiger partial charge in [0.05, 0.1) is 6.54 Å². The van der Waals surface area contributed by atoms with Crippen molar-refractivity contribution in [3.05, 3.63) is 36.1 Å². The lowest BCUT2D eigenvalue weighted by Gasteiger charge is -2.24. The van der Waals surface area contributed by atoms with Crippen molar-refractivity contribution < 1.29 is 9.53 Å². The Morgan fingerprint density at radius 2 is 1.53 bits per heavy atom. The zero-order valence-corrected chi connectivity index (χ0v) is 21.6. The third kappa shape index (κ3) is 17.3. The van der Waals surface area contributed by atoms with Crippen LogP contribution >= 0.6 is 12.4 Å². The van der Waals surface area contributed by atoms with Gasteiger partial charge < -0.3 is 15.0 Å². The molecule has 0 saturated carbocycles. The van der Waals surface area contributed by atoms with E-state index >= 15 is 0 Å². The summed E-state index contributed by atoms with van der Waals surface area (Å²) in [5.41, 5.74) is 0.796. The van der Waals surface area contributed by atoms with Gasteiger partial charge in [0.15, 0.2) is 0 Å². The first-order chi connectivity index (χ1) is 15.3. The van der Waals surface area contributed by atoms with Crippen molar-refractivity contribution in [2.24, 2.45) is 0 Å². The highest BCUT2D eigenvalue weighted by Gasteiger charge is 2.13. The second kappa shape index (κ2) is 22.9. The summed E-state index contributed by atoms with van der Waals surface area (Å²) in [6, 6.07) is 0. The lowest BCUT2D eigenvalue weighted by atomic mass is 10.1. The normalized spacial score (nSPS) is 13.3.